The number of aliphatic hydroxyl groups is 1. The minimum Gasteiger partial charge on any atom is -0.393 e. The topological polar surface area (TPSA) is 29.5 Å². The Balaban J connectivity index is 3.70. The predicted octanol–water partition coefficient (Wildman–Crippen LogP) is 2.45. The van der Waals surface area contributed by atoms with E-state index >= 15 is 0 Å². The molecular weight excluding hydrogens is 164 g/mol. The smallest absolute Gasteiger partial charge is 0.0543 e. The van der Waals surface area contributed by atoms with Gasteiger partial charge in [0.25, 0.3) is 0 Å². The zero-order valence-electron chi connectivity index (χ0n) is 9.58. The van der Waals surface area contributed by atoms with Gasteiger partial charge in [-0.25, -0.2) is 0 Å². The van der Waals surface area contributed by atoms with Crippen LogP contribution in [-0.2, 0) is 4.74 Å². The molecule has 2 nitrogen and oxygen atoms in total. The Bertz CT molecular complexity index is 111. The predicted molar refractivity (Wildman–Crippen MR) is 55.7 cm³/mol. The van der Waals surface area contributed by atoms with Gasteiger partial charge in [-0.2, -0.15) is 0 Å². The number of hydrogen-bond donors (Lipinski definition) is 1. The quantitative estimate of drug-likeness (QED) is 0.694. The van der Waals surface area contributed by atoms with Gasteiger partial charge in [0.05, 0.1) is 12.2 Å². The monoisotopic (exact) mass is 188 g/mol. The first kappa shape index (κ1) is 12.9. The number of rotatable bonds is 6. The van der Waals surface area contributed by atoms with Gasteiger partial charge >= 0.3 is 0 Å². The van der Waals surface area contributed by atoms with Gasteiger partial charge in [-0.3, -0.25) is 0 Å². The fourth-order valence-corrected chi connectivity index (χ4v) is 1.57. The van der Waals surface area contributed by atoms with Crippen molar-refractivity contribution in [2.75, 3.05) is 6.61 Å². The zero-order valence-corrected chi connectivity index (χ0v) is 9.58. The molecule has 0 aliphatic carbocycles. The normalized spacial score (nSPS) is 16.6. The molecule has 2 unspecified atom stereocenters. The molecular formula is C11H24O2. The highest BCUT2D eigenvalue weighted by Crippen LogP contribution is 2.19. The lowest BCUT2D eigenvalue weighted by Gasteiger charge is -2.24. The van der Waals surface area contributed by atoms with Crippen LogP contribution in [0, 0.1) is 11.8 Å². The molecule has 0 spiro atoms. The van der Waals surface area contributed by atoms with Gasteiger partial charge in [0.1, 0.15) is 0 Å². The summed E-state index contributed by atoms with van der Waals surface area (Å²) in [6.45, 7) is 11.0. The third-order valence-corrected chi connectivity index (χ3v) is 2.38. The van der Waals surface area contributed by atoms with E-state index in [-0.39, 0.29) is 6.10 Å². The average Bonchev–Trinajstić information content (AvgIpc) is 1.95. The molecule has 2 heteroatoms. The molecule has 0 heterocycles. The second kappa shape index (κ2) is 6.39. The Morgan fingerprint density at radius 3 is 1.92 bits per heavy atom. The molecule has 0 rings (SSSR count). The molecule has 0 bridgehead atoms. The molecule has 0 aliphatic rings. The second-order valence-corrected chi connectivity index (χ2v) is 4.36. The Labute approximate surface area is 82.3 Å². The molecule has 0 saturated carbocycles. The summed E-state index contributed by atoms with van der Waals surface area (Å²) in [5.74, 6) is 0.884. The van der Waals surface area contributed by atoms with Crippen molar-refractivity contribution in [2.45, 2.75) is 53.2 Å². The minimum absolute atomic E-state index is 0.226. The molecule has 1 N–H and O–H groups in total. The van der Waals surface area contributed by atoms with Crippen molar-refractivity contribution in [1.29, 1.82) is 0 Å². The van der Waals surface area contributed by atoms with Crippen LogP contribution in [0.25, 0.3) is 0 Å². The van der Waals surface area contributed by atoms with E-state index < -0.39 is 0 Å². The van der Waals surface area contributed by atoms with Crippen LogP contribution in [0.15, 0.2) is 0 Å². The third kappa shape index (κ3) is 6.05. The largest absolute Gasteiger partial charge is 0.393 e. The lowest BCUT2D eigenvalue weighted by molar-refractivity contribution is 0.0325. The van der Waals surface area contributed by atoms with Crippen molar-refractivity contribution in [3.05, 3.63) is 0 Å². The van der Waals surface area contributed by atoms with Crippen molar-refractivity contribution in [2.24, 2.45) is 11.8 Å². The maximum atomic E-state index is 9.49. The fraction of sp³-hybridized carbons (Fsp3) is 1.00. The number of aliphatic hydroxyl groups excluding tert-OH is 1. The van der Waals surface area contributed by atoms with Gasteiger partial charge in [-0.15, -0.1) is 0 Å². The van der Waals surface area contributed by atoms with E-state index in [1.165, 1.54) is 0 Å². The summed E-state index contributed by atoms with van der Waals surface area (Å²) in [5, 5.41) is 9.49. The first-order chi connectivity index (χ1) is 5.95. The molecule has 0 radical (unpaired) electrons. The maximum absolute atomic E-state index is 9.49. The Morgan fingerprint density at radius 2 is 1.62 bits per heavy atom. The number of ether oxygens (including phenoxy) is 1. The molecule has 13 heavy (non-hydrogen) atoms. The van der Waals surface area contributed by atoms with Crippen LogP contribution in [0.2, 0.25) is 0 Å². The van der Waals surface area contributed by atoms with Crippen LogP contribution in [0.4, 0.5) is 0 Å². The van der Waals surface area contributed by atoms with Gasteiger partial charge in [0, 0.05) is 6.61 Å². The average molecular weight is 188 g/mol. The van der Waals surface area contributed by atoms with Gasteiger partial charge in [-0.1, -0.05) is 13.8 Å². The molecule has 0 fully saturated rings. The van der Waals surface area contributed by atoms with E-state index in [0.717, 1.165) is 13.0 Å². The summed E-state index contributed by atoms with van der Waals surface area (Å²) in [6, 6.07) is 0. The Kier molecular flexibility index (Phi) is 6.35. The van der Waals surface area contributed by atoms with Gasteiger partial charge in [-0.05, 0) is 39.0 Å². The van der Waals surface area contributed by atoms with Crippen molar-refractivity contribution in [3.63, 3.8) is 0 Å². The summed E-state index contributed by atoms with van der Waals surface area (Å²) in [7, 11) is 0. The summed E-state index contributed by atoms with van der Waals surface area (Å²) >= 11 is 0. The van der Waals surface area contributed by atoms with Crippen LogP contribution in [0.3, 0.4) is 0 Å². The highest BCUT2D eigenvalue weighted by molar-refractivity contribution is 4.68. The highest BCUT2D eigenvalue weighted by atomic mass is 16.5. The van der Waals surface area contributed by atoms with E-state index in [0.29, 0.717) is 17.9 Å². The highest BCUT2D eigenvalue weighted by Gasteiger charge is 2.18. The van der Waals surface area contributed by atoms with E-state index in [1.54, 1.807) is 0 Å². The molecule has 80 valence electrons. The van der Waals surface area contributed by atoms with E-state index in [4.69, 9.17) is 4.74 Å². The number of hydrogen-bond acceptors (Lipinski definition) is 2. The van der Waals surface area contributed by atoms with Crippen molar-refractivity contribution in [1.82, 2.24) is 0 Å². The SMILES string of the molecule is CC(C)OCCC(C(C)C)C(C)O. The van der Waals surface area contributed by atoms with Crippen molar-refractivity contribution >= 4 is 0 Å². The van der Waals surface area contributed by atoms with Crippen LogP contribution in [0.5, 0.6) is 0 Å². The van der Waals surface area contributed by atoms with Crippen molar-refractivity contribution in [3.8, 4) is 0 Å². The van der Waals surface area contributed by atoms with E-state index in [1.807, 2.05) is 20.8 Å². The van der Waals surface area contributed by atoms with E-state index in [9.17, 15) is 5.11 Å². The molecule has 0 saturated heterocycles. The van der Waals surface area contributed by atoms with Gasteiger partial charge in [0.2, 0.25) is 0 Å². The van der Waals surface area contributed by atoms with Gasteiger partial charge < -0.3 is 9.84 Å². The van der Waals surface area contributed by atoms with Crippen LogP contribution < -0.4 is 0 Å². The Morgan fingerprint density at radius 1 is 1.08 bits per heavy atom. The Hall–Kier alpha value is -0.0800. The standard InChI is InChI=1S/C11H24O2/c1-8(2)11(10(5)12)6-7-13-9(3)4/h8-12H,6-7H2,1-5H3. The lowest BCUT2D eigenvalue weighted by Crippen LogP contribution is -2.24. The molecule has 0 aromatic rings. The summed E-state index contributed by atoms with van der Waals surface area (Å²) in [6.07, 6.45) is 1.02. The second-order valence-electron chi connectivity index (χ2n) is 4.36. The summed E-state index contributed by atoms with van der Waals surface area (Å²) in [5.41, 5.74) is 0. The molecule has 0 aliphatic heterocycles. The molecule has 2 atom stereocenters. The zero-order chi connectivity index (χ0) is 10.4. The molecule has 0 aromatic carbocycles. The van der Waals surface area contributed by atoms with E-state index in [2.05, 4.69) is 13.8 Å². The maximum Gasteiger partial charge on any atom is 0.0543 e. The minimum atomic E-state index is -0.226. The first-order valence-corrected chi connectivity index (χ1v) is 5.24. The summed E-state index contributed by atoms with van der Waals surface area (Å²) in [4.78, 5) is 0. The fourth-order valence-electron chi connectivity index (χ4n) is 1.57. The lowest BCUT2D eigenvalue weighted by atomic mass is 9.88. The first-order valence-electron chi connectivity index (χ1n) is 5.24. The summed E-state index contributed by atoms with van der Waals surface area (Å²) < 4.78 is 5.46. The molecule has 0 aromatic heterocycles. The van der Waals surface area contributed by atoms with Crippen LogP contribution >= 0.6 is 0 Å². The molecule has 0 amide bonds. The van der Waals surface area contributed by atoms with Gasteiger partial charge in [0.15, 0.2) is 0 Å². The van der Waals surface area contributed by atoms with Crippen molar-refractivity contribution < 1.29 is 9.84 Å². The van der Waals surface area contributed by atoms with Crippen LogP contribution in [0.1, 0.15) is 41.0 Å². The third-order valence-electron chi connectivity index (χ3n) is 2.38. The van der Waals surface area contributed by atoms with Crippen LogP contribution in [-0.4, -0.2) is 23.9 Å².